The van der Waals surface area contributed by atoms with Crippen molar-refractivity contribution in [3.63, 3.8) is 0 Å². The van der Waals surface area contributed by atoms with Crippen molar-refractivity contribution in [3.05, 3.63) is 66.3 Å². The van der Waals surface area contributed by atoms with Gasteiger partial charge in [-0.3, -0.25) is 0 Å². The van der Waals surface area contributed by atoms with Gasteiger partial charge in [0.05, 0.1) is 0 Å². The Bertz CT molecular complexity index is 664. The summed E-state index contributed by atoms with van der Waals surface area (Å²) in [5, 5.41) is 8.62. The molecular formula is C17H18Br2O2S. The fraction of sp³-hybridized carbons (Fsp3) is 0.235. The van der Waals surface area contributed by atoms with Crippen LogP contribution in [0.1, 0.15) is 23.6 Å². The van der Waals surface area contributed by atoms with E-state index in [2.05, 4.69) is 50.9 Å². The predicted molar refractivity (Wildman–Crippen MR) is 102 cm³/mol. The van der Waals surface area contributed by atoms with Crippen LogP contribution in [-0.2, 0) is 11.2 Å². The lowest BCUT2D eigenvalue weighted by Crippen LogP contribution is -1.87. The minimum atomic E-state index is -0.925. The van der Waals surface area contributed by atoms with Crippen molar-refractivity contribution in [1.82, 2.24) is 0 Å². The van der Waals surface area contributed by atoms with Gasteiger partial charge >= 0.3 is 5.97 Å². The third-order valence-corrected chi connectivity index (χ3v) is 6.83. The Labute approximate surface area is 152 Å². The Morgan fingerprint density at radius 2 is 1.86 bits per heavy atom. The highest BCUT2D eigenvalue weighted by molar-refractivity contribution is 9.13. The molecule has 0 aliphatic carbocycles. The second-order valence-corrected chi connectivity index (χ2v) is 7.71. The molecule has 0 aliphatic rings. The van der Waals surface area contributed by atoms with Crippen LogP contribution in [0.2, 0.25) is 0 Å². The second-order valence-electron chi connectivity index (χ2n) is 4.81. The van der Waals surface area contributed by atoms with Crippen LogP contribution in [0.4, 0.5) is 0 Å². The predicted octanol–water partition coefficient (Wildman–Crippen LogP) is 6.21. The lowest BCUT2D eigenvalue weighted by atomic mass is 10.2. The molecule has 22 heavy (non-hydrogen) atoms. The van der Waals surface area contributed by atoms with Gasteiger partial charge in [-0.2, -0.15) is 0 Å². The molecule has 1 aromatic rings. The SMILES string of the molecule is CC(/C=C/Cc1sc(C)c(Br)c1Br)=C\C=C\C(C)=C\C(=O)O. The van der Waals surface area contributed by atoms with Crippen molar-refractivity contribution in [2.24, 2.45) is 0 Å². The summed E-state index contributed by atoms with van der Waals surface area (Å²) < 4.78 is 2.27. The van der Waals surface area contributed by atoms with Crippen molar-refractivity contribution in [2.45, 2.75) is 27.2 Å². The molecule has 0 saturated carbocycles. The summed E-state index contributed by atoms with van der Waals surface area (Å²) in [6.45, 7) is 5.87. The number of allylic oxidation sites excluding steroid dienone is 7. The Balaban J connectivity index is 2.62. The van der Waals surface area contributed by atoms with Crippen LogP contribution in [0.3, 0.4) is 0 Å². The molecule has 2 nitrogen and oxygen atoms in total. The molecule has 1 aromatic heterocycles. The average molecular weight is 446 g/mol. The molecule has 0 bridgehead atoms. The van der Waals surface area contributed by atoms with Gasteiger partial charge in [-0.25, -0.2) is 4.79 Å². The standard InChI is InChI=1S/C17H18Br2O2S/c1-11(6-4-8-12(2)10-15(20)21)7-5-9-14-17(19)16(18)13(3)22-14/h4-8,10H,9H2,1-3H3,(H,20,21)/b7-5+,8-4+,11-6+,12-10+. The minimum absolute atomic E-state index is 0.711. The quantitative estimate of drug-likeness (QED) is 0.417. The van der Waals surface area contributed by atoms with Gasteiger partial charge in [-0.15, -0.1) is 11.3 Å². The van der Waals surface area contributed by atoms with Crippen molar-refractivity contribution < 1.29 is 9.90 Å². The smallest absolute Gasteiger partial charge is 0.328 e. The van der Waals surface area contributed by atoms with Crippen molar-refractivity contribution >= 4 is 49.2 Å². The lowest BCUT2D eigenvalue weighted by molar-refractivity contribution is -0.131. The van der Waals surface area contributed by atoms with Crippen LogP contribution in [-0.4, -0.2) is 11.1 Å². The second kappa shape index (κ2) is 9.28. The minimum Gasteiger partial charge on any atom is -0.478 e. The van der Waals surface area contributed by atoms with Gasteiger partial charge in [-0.05, 0) is 58.2 Å². The molecule has 0 spiro atoms. The van der Waals surface area contributed by atoms with Gasteiger partial charge in [0.2, 0.25) is 0 Å². The fourth-order valence-electron chi connectivity index (χ4n) is 1.68. The number of aliphatic carboxylic acids is 1. The Morgan fingerprint density at radius 1 is 1.18 bits per heavy atom. The van der Waals surface area contributed by atoms with Crippen molar-refractivity contribution in [3.8, 4) is 0 Å². The molecule has 5 heteroatoms. The summed E-state index contributed by atoms with van der Waals surface area (Å²) >= 11 is 8.93. The van der Waals surface area contributed by atoms with Gasteiger partial charge in [0.15, 0.2) is 0 Å². The zero-order chi connectivity index (χ0) is 16.7. The highest BCUT2D eigenvalue weighted by Gasteiger charge is 2.09. The molecule has 0 aromatic carbocycles. The number of rotatable bonds is 6. The van der Waals surface area contributed by atoms with Crippen LogP contribution in [0.15, 0.2) is 56.5 Å². The summed E-state index contributed by atoms with van der Waals surface area (Å²) in [5.41, 5.74) is 1.83. The van der Waals surface area contributed by atoms with E-state index in [1.54, 1.807) is 24.3 Å². The summed E-state index contributed by atoms with van der Waals surface area (Å²) in [7, 11) is 0. The molecule has 118 valence electrons. The van der Waals surface area contributed by atoms with E-state index >= 15 is 0 Å². The van der Waals surface area contributed by atoms with Crippen molar-refractivity contribution in [2.75, 3.05) is 0 Å². The molecule has 1 heterocycles. The Hall–Kier alpha value is -0.910. The molecule has 0 saturated heterocycles. The first-order valence-corrected chi connectivity index (χ1v) is 9.07. The third-order valence-electron chi connectivity index (χ3n) is 2.78. The lowest BCUT2D eigenvalue weighted by Gasteiger charge is -1.93. The van der Waals surface area contributed by atoms with Gasteiger partial charge in [0.1, 0.15) is 0 Å². The van der Waals surface area contributed by atoms with E-state index in [9.17, 15) is 4.79 Å². The fourth-order valence-corrected chi connectivity index (χ4v) is 4.06. The molecule has 0 atom stereocenters. The normalized spacial score (nSPS) is 13.5. The summed E-state index contributed by atoms with van der Waals surface area (Å²) in [4.78, 5) is 13.1. The highest BCUT2D eigenvalue weighted by atomic mass is 79.9. The first kappa shape index (κ1) is 19.1. The third kappa shape index (κ3) is 6.46. The molecule has 0 radical (unpaired) electrons. The Kier molecular flexibility index (Phi) is 8.07. The maximum Gasteiger partial charge on any atom is 0.328 e. The number of halogens is 2. The zero-order valence-corrected chi connectivity index (χ0v) is 16.7. The van der Waals surface area contributed by atoms with Crippen LogP contribution in [0, 0.1) is 6.92 Å². The van der Waals surface area contributed by atoms with E-state index in [1.165, 1.54) is 15.8 Å². The summed E-state index contributed by atoms with van der Waals surface area (Å²) in [6, 6.07) is 0. The van der Waals surface area contributed by atoms with E-state index in [0.717, 1.165) is 20.9 Å². The number of carboxylic acid groups (broad SMARTS) is 1. The van der Waals surface area contributed by atoms with Gasteiger partial charge in [0, 0.05) is 31.2 Å². The first-order chi connectivity index (χ1) is 10.3. The van der Waals surface area contributed by atoms with E-state index in [1.807, 2.05) is 19.1 Å². The zero-order valence-electron chi connectivity index (χ0n) is 12.7. The van der Waals surface area contributed by atoms with E-state index in [-0.39, 0.29) is 0 Å². The number of hydrogen-bond acceptors (Lipinski definition) is 2. The highest BCUT2D eigenvalue weighted by Crippen LogP contribution is 2.37. The first-order valence-electron chi connectivity index (χ1n) is 6.67. The molecule has 0 amide bonds. The summed E-state index contributed by atoms with van der Waals surface area (Å²) in [6.07, 6.45) is 11.9. The largest absolute Gasteiger partial charge is 0.478 e. The molecule has 1 rings (SSSR count). The van der Waals surface area contributed by atoms with Gasteiger partial charge in [-0.1, -0.05) is 36.0 Å². The van der Waals surface area contributed by atoms with Gasteiger partial charge in [0.25, 0.3) is 0 Å². The maximum absolute atomic E-state index is 10.5. The van der Waals surface area contributed by atoms with E-state index in [0.29, 0.717) is 5.57 Å². The molecule has 1 N–H and O–H groups in total. The number of thiophene rings is 1. The van der Waals surface area contributed by atoms with Crippen LogP contribution < -0.4 is 0 Å². The number of hydrogen-bond donors (Lipinski definition) is 1. The molecule has 0 fully saturated rings. The van der Waals surface area contributed by atoms with Crippen LogP contribution in [0.25, 0.3) is 0 Å². The van der Waals surface area contributed by atoms with Crippen molar-refractivity contribution in [1.29, 1.82) is 0 Å². The molecular weight excluding hydrogens is 428 g/mol. The van der Waals surface area contributed by atoms with Crippen LogP contribution in [0.5, 0.6) is 0 Å². The summed E-state index contributed by atoms with van der Waals surface area (Å²) in [5.74, 6) is -0.925. The maximum atomic E-state index is 10.5. The Morgan fingerprint density at radius 3 is 2.41 bits per heavy atom. The number of carboxylic acids is 1. The van der Waals surface area contributed by atoms with Crippen LogP contribution >= 0.6 is 43.2 Å². The van der Waals surface area contributed by atoms with Gasteiger partial charge < -0.3 is 5.11 Å². The van der Waals surface area contributed by atoms with E-state index in [4.69, 9.17) is 5.11 Å². The topological polar surface area (TPSA) is 37.3 Å². The molecule has 0 aliphatic heterocycles. The average Bonchev–Trinajstić information content (AvgIpc) is 2.65. The number of aryl methyl sites for hydroxylation is 1. The number of carbonyl (C=O) groups is 1. The monoisotopic (exact) mass is 444 g/mol. The molecule has 0 unspecified atom stereocenters. The van der Waals surface area contributed by atoms with E-state index < -0.39 is 5.97 Å².